The summed E-state index contributed by atoms with van der Waals surface area (Å²) in [5, 5.41) is 9.35. The molecule has 10 heteroatoms. The zero-order chi connectivity index (χ0) is 23.6. The first-order chi connectivity index (χ1) is 15.0. The largest absolute Gasteiger partial charge is 0.493 e. The van der Waals surface area contributed by atoms with Crippen molar-refractivity contribution in [2.75, 3.05) is 6.61 Å². The summed E-state index contributed by atoms with van der Waals surface area (Å²) in [6, 6.07) is 5.82. The van der Waals surface area contributed by atoms with Gasteiger partial charge < -0.3 is 14.6 Å². The lowest BCUT2D eigenvalue weighted by Crippen LogP contribution is -2.38. The molecule has 0 spiro atoms. The number of halogens is 4. The Labute approximate surface area is 180 Å². The van der Waals surface area contributed by atoms with Crippen LogP contribution in [0.5, 0.6) is 11.6 Å². The Bertz CT molecular complexity index is 1180. The molecule has 0 saturated carbocycles. The Morgan fingerprint density at radius 3 is 2.25 bits per heavy atom. The van der Waals surface area contributed by atoms with Crippen LogP contribution in [0.15, 0.2) is 36.4 Å². The molecule has 168 valence electrons. The molecule has 1 N–H and O–H groups in total. The minimum Gasteiger partial charge on any atom is -0.493 e. The maximum Gasteiger partial charge on any atom is 0.347 e. The van der Waals surface area contributed by atoms with Crippen molar-refractivity contribution in [1.82, 2.24) is 9.97 Å². The van der Waals surface area contributed by atoms with Crippen molar-refractivity contribution in [2.24, 2.45) is 0 Å². The molecule has 3 rings (SSSR count). The maximum absolute atomic E-state index is 14.0. The topological polar surface area (TPSA) is 81.5 Å². The third kappa shape index (κ3) is 4.79. The highest BCUT2D eigenvalue weighted by atomic mass is 19.2. The molecule has 32 heavy (non-hydrogen) atoms. The van der Waals surface area contributed by atoms with Crippen LogP contribution in [-0.2, 0) is 4.79 Å². The molecule has 0 radical (unpaired) electrons. The van der Waals surface area contributed by atoms with E-state index in [1.807, 2.05) is 0 Å². The van der Waals surface area contributed by atoms with Crippen LogP contribution in [0.3, 0.4) is 0 Å². The summed E-state index contributed by atoms with van der Waals surface area (Å²) in [5.41, 5.74) is -1.66. The predicted octanol–water partition coefficient (Wildman–Crippen LogP) is 5.01. The van der Waals surface area contributed by atoms with Crippen LogP contribution in [-0.4, -0.2) is 33.3 Å². The van der Waals surface area contributed by atoms with E-state index in [9.17, 15) is 27.5 Å². The zero-order valence-electron chi connectivity index (χ0n) is 17.2. The third-order valence-corrected chi connectivity index (χ3v) is 4.35. The van der Waals surface area contributed by atoms with Gasteiger partial charge in [0.25, 0.3) is 0 Å². The van der Waals surface area contributed by atoms with Crippen LogP contribution in [0.2, 0.25) is 0 Å². The molecule has 0 saturated heterocycles. The first-order valence-corrected chi connectivity index (χ1v) is 9.41. The lowest BCUT2D eigenvalue weighted by atomic mass is 10.1. The fourth-order valence-electron chi connectivity index (χ4n) is 2.69. The van der Waals surface area contributed by atoms with Crippen LogP contribution < -0.4 is 9.47 Å². The van der Waals surface area contributed by atoms with Crippen molar-refractivity contribution in [3.63, 3.8) is 0 Å². The second-order valence-electron chi connectivity index (χ2n) is 7.16. The smallest absolute Gasteiger partial charge is 0.347 e. The number of nitrogens with zero attached hydrogens (tertiary/aromatic N) is 2. The molecule has 0 atom stereocenters. The van der Waals surface area contributed by atoms with Crippen molar-refractivity contribution in [3.05, 3.63) is 59.7 Å². The molecule has 0 unspecified atom stereocenters. The van der Waals surface area contributed by atoms with Crippen molar-refractivity contribution in [3.8, 4) is 34.3 Å². The second-order valence-corrected chi connectivity index (χ2v) is 7.16. The monoisotopic (exact) mass is 450 g/mol. The summed E-state index contributed by atoms with van der Waals surface area (Å²) in [6.45, 7) is 4.32. The number of carbonyl (C=O) groups is 1. The van der Waals surface area contributed by atoms with E-state index in [-0.39, 0.29) is 40.9 Å². The average Bonchev–Trinajstić information content (AvgIpc) is 2.72. The van der Waals surface area contributed by atoms with Gasteiger partial charge in [-0.15, -0.1) is 0 Å². The summed E-state index contributed by atoms with van der Waals surface area (Å²) < 4.78 is 65.8. The molecule has 0 fully saturated rings. The molecular weight excluding hydrogens is 432 g/mol. The van der Waals surface area contributed by atoms with E-state index in [1.54, 1.807) is 6.92 Å². The molecule has 0 aliphatic carbocycles. The van der Waals surface area contributed by atoms with Crippen LogP contribution >= 0.6 is 0 Å². The number of carboxylic acids is 1. The second kappa shape index (κ2) is 8.81. The first-order valence-electron chi connectivity index (χ1n) is 9.41. The lowest BCUT2D eigenvalue weighted by molar-refractivity contribution is -0.152. The van der Waals surface area contributed by atoms with E-state index in [2.05, 4.69) is 9.97 Å². The van der Waals surface area contributed by atoms with E-state index >= 15 is 0 Å². The number of hydrogen-bond donors (Lipinski definition) is 1. The molecule has 0 amide bonds. The van der Waals surface area contributed by atoms with Crippen molar-refractivity contribution in [1.29, 1.82) is 0 Å². The van der Waals surface area contributed by atoms with Crippen molar-refractivity contribution >= 4 is 5.97 Å². The van der Waals surface area contributed by atoms with Crippen LogP contribution in [0.25, 0.3) is 22.6 Å². The van der Waals surface area contributed by atoms with Gasteiger partial charge in [-0.25, -0.2) is 27.3 Å². The summed E-state index contributed by atoms with van der Waals surface area (Å²) in [4.78, 5) is 19.8. The van der Waals surface area contributed by atoms with Gasteiger partial charge in [-0.2, -0.15) is 4.98 Å². The first kappa shape index (κ1) is 23.0. The van der Waals surface area contributed by atoms with Gasteiger partial charge in [0, 0.05) is 23.3 Å². The molecule has 0 aliphatic heterocycles. The molecule has 1 aromatic heterocycles. The molecule has 1 heterocycles. The molecular formula is C22H18F4N2O4. The van der Waals surface area contributed by atoms with E-state index < -0.39 is 34.8 Å². The zero-order valence-corrected chi connectivity index (χ0v) is 17.2. The summed E-state index contributed by atoms with van der Waals surface area (Å²) in [7, 11) is 0. The maximum atomic E-state index is 14.0. The van der Waals surface area contributed by atoms with Gasteiger partial charge >= 0.3 is 5.97 Å². The number of carboxylic acid groups (broad SMARTS) is 1. The van der Waals surface area contributed by atoms with E-state index in [0.29, 0.717) is 0 Å². The number of aliphatic carboxylic acids is 1. The normalized spacial score (nSPS) is 11.3. The Hall–Kier alpha value is -3.69. The molecule has 0 aliphatic rings. The van der Waals surface area contributed by atoms with E-state index in [4.69, 9.17) is 9.47 Å². The Kier molecular flexibility index (Phi) is 6.33. The highest BCUT2D eigenvalue weighted by molar-refractivity contribution is 5.77. The lowest BCUT2D eigenvalue weighted by Gasteiger charge is -2.21. The minimum atomic E-state index is -1.71. The molecule has 6 nitrogen and oxygen atoms in total. The van der Waals surface area contributed by atoms with Crippen molar-refractivity contribution < 1.29 is 36.9 Å². The Morgan fingerprint density at radius 1 is 0.969 bits per heavy atom. The highest BCUT2D eigenvalue weighted by Gasteiger charge is 2.30. The van der Waals surface area contributed by atoms with Gasteiger partial charge in [0.05, 0.1) is 12.3 Å². The van der Waals surface area contributed by atoms with Gasteiger partial charge in [0.1, 0.15) is 5.75 Å². The van der Waals surface area contributed by atoms with Gasteiger partial charge in [0.2, 0.25) is 11.5 Å². The standard InChI is InChI=1S/C22H18F4N2O4/c1-4-31-18-9-16(26)15(25)8-12(18)17-10-19(32-22(2,3)21(29)30)28-20(27-17)11-5-6-13(23)14(24)7-11/h5-10H,4H2,1-3H3,(H,29,30). The van der Waals surface area contributed by atoms with Gasteiger partial charge in [-0.05, 0) is 45.0 Å². The predicted molar refractivity (Wildman–Crippen MR) is 106 cm³/mol. The minimum absolute atomic E-state index is 0.0155. The Morgan fingerprint density at radius 2 is 1.62 bits per heavy atom. The number of aromatic nitrogens is 2. The number of benzene rings is 2. The summed E-state index contributed by atoms with van der Waals surface area (Å²) in [6.07, 6.45) is 0. The summed E-state index contributed by atoms with van der Waals surface area (Å²) >= 11 is 0. The average molecular weight is 450 g/mol. The number of rotatable bonds is 7. The fraction of sp³-hybridized carbons (Fsp3) is 0.227. The van der Waals surface area contributed by atoms with E-state index in [1.165, 1.54) is 26.0 Å². The Balaban J connectivity index is 2.24. The van der Waals surface area contributed by atoms with Gasteiger partial charge in [-0.1, -0.05) is 0 Å². The summed E-state index contributed by atoms with van der Waals surface area (Å²) in [5.74, 6) is -6.31. The number of hydrogen-bond acceptors (Lipinski definition) is 5. The quantitative estimate of drug-likeness (QED) is 0.510. The number of ether oxygens (including phenoxy) is 2. The van der Waals surface area contributed by atoms with Crippen LogP contribution in [0.4, 0.5) is 17.6 Å². The fourth-order valence-corrected chi connectivity index (χ4v) is 2.69. The van der Waals surface area contributed by atoms with Gasteiger partial charge in [-0.3, -0.25) is 0 Å². The molecule has 0 bridgehead atoms. The van der Waals surface area contributed by atoms with E-state index in [0.717, 1.165) is 24.3 Å². The SMILES string of the molecule is CCOc1cc(F)c(F)cc1-c1cc(OC(C)(C)C(=O)O)nc(-c2ccc(F)c(F)c2)n1. The molecule has 2 aromatic carbocycles. The molecule has 3 aromatic rings. The van der Waals surface area contributed by atoms with Gasteiger partial charge in [0.15, 0.2) is 29.1 Å². The van der Waals surface area contributed by atoms with Crippen molar-refractivity contribution in [2.45, 2.75) is 26.4 Å². The van der Waals surface area contributed by atoms with Crippen LogP contribution in [0, 0.1) is 23.3 Å². The highest BCUT2D eigenvalue weighted by Crippen LogP contribution is 2.34. The van der Waals surface area contributed by atoms with Crippen LogP contribution in [0.1, 0.15) is 20.8 Å². The third-order valence-electron chi connectivity index (χ3n) is 4.35.